The Kier molecular flexibility index (Phi) is 8.17. The van der Waals surface area contributed by atoms with Gasteiger partial charge in [-0.05, 0) is 30.7 Å². The number of carbonyl (C=O) groups is 1. The van der Waals surface area contributed by atoms with E-state index in [4.69, 9.17) is 19.9 Å². The van der Waals surface area contributed by atoms with Crippen LogP contribution in [0.15, 0.2) is 24.3 Å². The molecule has 6 nitrogen and oxygen atoms in total. The van der Waals surface area contributed by atoms with Crippen molar-refractivity contribution in [2.75, 3.05) is 45.8 Å². The number of benzene rings is 1. The second-order valence-corrected chi connectivity index (χ2v) is 4.17. The van der Waals surface area contributed by atoms with Crippen LogP contribution in [0.3, 0.4) is 0 Å². The highest BCUT2D eigenvalue weighted by molar-refractivity contribution is 5.77. The summed E-state index contributed by atoms with van der Waals surface area (Å²) in [4.78, 5) is 11.5. The van der Waals surface area contributed by atoms with Gasteiger partial charge in [0, 0.05) is 25.9 Å². The maximum atomic E-state index is 11.5. The number of anilines is 1. The predicted octanol–water partition coefficient (Wildman–Crippen LogP) is 0.817. The molecule has 0 radical (unpaired) electrons. The van der Waals surface area contributed by atoms with Crippen molar-refractivity contribution >= 4 is 11.6 Å². The topological polar surface area (TPSA) is 82.8 Å². The Morgan fingerprint density at radius 1 is 1.20 bits per heavy atom. The van der Waals surface area contributed by atoms with Crippen LogP contribution >= 0.6 is 0 Å². The van der Waals surface area contributed by atoms with Gasteiger partial charge in [0.1, 0.15) is 5.75 Å². The van der Waals surface area contributed by atoms with Crippen molar-refractivity contribution in [3.8, 4) is 5.75 Å². The van der Waals surface area contributed by atoms with Crippen molar-refractivity contribution in [2.45, 2.75) is 6.42 Å². The van der Waals surface area contributed by atoms with Gasteiger partial charge in [-0.1, -0.05) is 0 Å². The summed E-state index contributed by atoms with van der Waals surface area (Å²) < 4.78 is 15.4. The second kappa shape index (κ2) is 10.1. The van der Waals surface area contributed by atoms with Crippen LogP contribution in [-0.4, -0.2) is 46.0 Å². The predicted molar refractivity (Wildman–Crippen MR) is 76.7 cm³/mol. The quantitative estimate of drug-likeness (QED) is 0.490. The van der Waals surface area contributed by atoms with Crippen LogP contribution in [-0.2, 0) is 14.3 Å². The molecule has 112 valence electrons. The zero-order valence-corrected chi connectivity index (χ0v) is 11.8. The lowest BCUT2D eigenvalue weighted by Crippen LogP contribution is -2.30. The number of carbonyl (C=O) groups excluding carboxylic acids is 1. The number of hydrogen-bond donors (Lipinski definition) is 2. The minimum Gasteiger partial charge on any atom is -0.484 e. The SMILES string of the molecule is COCCOCCCNC(=O)COc1ccc(N)cc1. The van der Waals surface area contributed by atoms with Gasteiger partial charge in [0.15, 0.2) is 6.61 Å². The fourth-order valence-electron chi connectivity index (χ4n) is 1.41. The summed E-state index contributed by atoms with van der Waals surface area (Å²) in [6.45, 7) is 2.32. The first-order valence-electron chi connectivity index (χ1n) is 6.54. The minimum atomic E-state index is -0.154. The highest BCUT2D eigenvalue weighted by Gasteiger charge is 2.02. The van der Waals surface area contributed by atoms with E-state index in [9.17, 15) is 4.79 Å². The number of ether oxygens (including phenoxy) is 3. The molecule has 1 rings (SSSR count). The maximum Gasteiger partial charge on any atom is 0.257 e. The van der Waals surface area contributed by atoms with Crippen LogP contribution < -0.4 is 15.8 Å². The number of amides is 1. The summed E-state index contributed by atoms with van der Waals surface area (Å²) in [5.74, 6) is 0.468. The molecule has 0 unspecified atom stereocenters. The van der Waals surface area contributed by atoms with Gasteiger partial charge in [0.2, 0.25) is 0 Å². The first-order chi connectivity index (χ1) is 9.72. The molecule has 0 bridgehead atoms. The first kappa shape index (κ1) is 16.3. The van der Waals surface area contributed by atoms with Crippen LogP contribution in [0.1, 0.15) is 6.42 Å². The van der Waals surface area contributed by atoms with Gasteiger partial charge in [0.05, 0.1) is 13.2 Å². The molecular formula is C14H22N2O4. The summed E-state index contributed by atoms with van der Waals surface area (Å²) in [6, 6.07) is 6.91. The van der Waals surface area contributed by atoms with Crippen molar-refractivity contribution in [1.29, 1.82) is 0 Å². The number of nitrogen functional groups attached to an aromatic ring is 1. The molecule has 3 N–H and O–H groups in total. The molecule has 1 amide bonds. The Morgan fingerprint density at radius 2 is 1.95 bits per heavy atom. The Balaban J connectivity index is 2.01. The van der Waals surface area contributed by atoms with Crippen LogP contribution in [0.5, 0.6) is 5.75 Å². The van der Waals surface area contributed by atoms with E-state index in [1.165, 1.54) is 0 Å². The third kappa shape index (κ3) is 7.60. The molecule has 0 spiro atoms. The lowest BCUT2D eigenvalue weighted by molar-refractivity contribution is -0.123. The molecule has 0 aromatic heterocycles. The lowest BCUT2D eigenvalue weighted by Gasteiger charge is -2.08. The van der Waals surface area contributed by atoms with E-state index in [1.54, 1.807) is 31.4 Å². The molecule has 0 saturated carbocycles. The molecule has 1 aromatic rings. The fourth-order valence-corrected chi connectivity index (χ4v) is 1.41. The molecule has 0 aliphatic heterocycles. The number of methoxy groups -OCH3 is 1. The largest absolute Gasteiger partial charge is 0.484 e. The monoisotopic (exact) mass is 282 g/mol. The van der Waals surface area contributed by atoms with E-state index in [0.29, 0.717) is 37.8 Å². The molecule has 1 aromatic carbocycles. The van der Waals surface area contributed by atoms with Gasteiger partial charge in [-0.2, -0.15) is 0 Å². The Morgan fingerprint density at radius 3 is 2.65 bits per heavy atom. The van der Waals surface area contributed by atoms with E-state index < -0.39 is 0 Å². The molecular weight excluding hydrogens is 260 g/mol. The van der Waals surface area contributed by atoms with E-state index in [1.807, 2.05) is 0 Å². The Labute approximate surface area is 119 Å². The zero-order chi connectivity index (χ0) is 14.6. The summed E-state index contributed by atoms with van der Waals surface area (Å²) in [6.07, 6.45) is 0.761. The molecule has 0 fully saturated rings. The van der Waals surface area contributed by atoms with E-state index in [-0.39, 0.29) is 12.5 Å². The number of nitrogens with one attached hydrogen (secondary N) is 1. The molecule has 0 aliphatic carbocycles. The van der Waals surface area contributed by atoms with Gasteiger partial charge < -0.3 is 25.3 Å². The molecule has 0 saturated heterocycles. The van der Waals surface area contributed by atoms with Crippen molar-refractivity contribution in [3.05, 3.63) is 24.3 Å². The third-order valence-electron chi connectivity index (χ3n) is 2.47. The van der Waals surface area contributed by atoms with Crippen molar-refractivity contribution in [2.24, 2.45) is 0 Å². The summed E-state index contributed by atoms with van der Waals surface area (Å²) in [5, 5.41) is 2.76. The number of hydrogen-bond acceptors (Lipinski definition) is 5. The molecule has 6 heteroatoms. The van der Waals surface area contributed by atoms with E-state index in [0.717, 1.165) is 6.42 Å². The van der Waals surface area contributed by atoms with Gasteiger partial charge in [-0.3, -0.25) is 4.79 Å². The minimum absolute atomic E-state index is 0.00551. The smallest absolute Gasteiger partial charge is 0.257 e. The Bertz CT molecular complexity index is 381. The highest BCUT2D eigenvalue weighted by atomic mass is 16.5. The molecule has 0 heterocycles. The van der Waals surface area contributed by atoms with Crippen LogP contribution in [0.4, 0.5) is 5.69 Å². The standard InChI is InChI=1S/C14H22N2O4/c1-18-9-10-19-8-2-7-16-14(17)11-20-13-5-3-12(15)4-6-13/h3-6H,2,7-11,15H2,1H3,(H,16,17). The van der Waals surface area contributed by atoms with Crippen LogP contribution in [0, 0.1) is 0 Å². The van der Waals surface area contributed by atoms with Crippen molar-refractivity contribution < 1.29 is 19.0 Å². The lowest BCUT2D eigenvalue weighted by atomic mass is 10.3. The van der Waals surface area contributed by atoms with Crippen molar-refractivity contribution in [3.63, 3.8) is 0 Å². The average molecular weight is 282 g/mol. The molecule has 0 aliphatic rings. The van der Waals surface area contributed by atoms with Crippen LogP contribution in [0.25, 0.3) is 0 Å². The van der Waals surface area contributed by atoms with Gasteiger partial charge in [-0.25, -0.2) is 0 Å². The maximum absolute atomic E-state index is 11.5. The molecule has 20 heavy (non-hydrogen) atoms. The average Bonchev–Trinajstić information content (AvgIpc) is 2.46. The molecule has 0 atom stereocenters. The van der Waals surface area contributed by atoms with Crippen LogP contribution in [0.2, 0.25) is 0 Å². The fraction of sp³-hybridized carbons (Fsp3) is 0.500. The third-order valence-corrected chi connectivity index (χ3v) is 2.47. The van der Waals surface area contributed by atoms with Gasteiger partial charge >= 0.3 is 0 Å². The summed E-state index contributed by atoms with van der Waals surface area (Å²) in [5.41, 5.74) is 6.21. The summed E-state index contributed by atoms with van der Waals surface area (Å²) >= 11 is 0. The number of rotatable bonds is 10. The van der Waals surface area contributed by atoms with Crippen molar-refractivity contribution in [1.82, 2.24) is 5.32 Å². The second-order valence-electron chi connectivity index (χ2n) is 4.17. The van der Waals surface area contributed by atoms with Gasteiger partial charge in [0.25, 0.3) is 5.91 Å². The zero-order valence-electron chi connectivity index (χ0n) is 11.8. The van der Waals surface area contributed by atoms with E-state index >= 15 is 0 Å². The normalized spacial score (nSPS) is 10.2. The van der Waals surface area contributed by atoms with E-state index in [2.05, 4.69) is 5.32 Å². The van der Waals surface area contributed by atoms with Gasteiger partial charge in [-0.15, -0.1) is 0 Å². The summed E-state index contributed by atoms with van der Waals surface area (Å²) in [7, 11) is 1.63. The highest BCUT2D eigenvalue weighted by Crippen LogP contribution is 2.12. The number of nitrogens with two attached hydrogens (primary N) is 1. The Hall–Kier alpha value is -1.79. The first-order valence-corrected chi connectivity index (χ1v) is 6.54.